The number of morpholine rings is 1. The molecule has 0 unspecified atom stereocenters. The van der Waals surface area contributed by atoms with Crippen molar-refractivity contribution in [3.63, 3.8) is 0 Å². The Balaban J connectivity index is 1.35. The van der Waals surface area contributed by atoms with Crippen LogP contribution in [0.1, 0.15) is 42.9 Å². The lowest BCUT2D eigenvalue weighted by molar-refractivity contribution is -0.145. The van der Waals surface area contributed by atoms with Gasteiger partial charge in [0.2, 0.25) is 5.91 Å². The molecule has 0 bridgehead atoms. The van der Waals surface area contributed by atoms with E-state index in [1.807, 2.05) is 54.6 Å². The Morgan fingerprint density at radius 3 is 2.43 bits per heavy atom. The Bertz CT molecular complexity index is 1090. The molecule has 5 rings (SSSR count). The second-order valence-corrected chi connectivity index (χ2v) is 9.99. The number of ether oxygens (including phenoxy) is 2. The monoisotopic (exact) mass is 504 g/mol. The van der Waals surface area contributed by atoms with Crippen molar-refractivity contribution in [2.45, 2.75) is 31.7 Å². The van der Waals surface area contributed by atoms with Gasteiger partial charge in [-0.3, -0.25) is 14.5 Å². The first-order chi connectivity index (χ1) is 18.1. The second-order valence-electron chi connectivity index (χ2n) is 9.99. The molecule has 2 aromatic rings. The minimum atomic E-state index is -0.203. The summed E-state index contributed by atoms with van der Waals surface area (Å²) in [6.45, 7) is 4.48. The molecule has 0 aromatic heterocycles. The van der Waals surface area contributed by atoms with E-state index in [0.717, 1.165) is 61.5 Å². The van der Waals surface area contributed by atoms with Crippen molar-refractivity contribution in [3.05, 3.63) is 65.7 Å². The zero-order chi connectivity index (χ0) is 25.6. The average molecular weight is 505 g/mol. The van der Waals surface area contributed by atoms with Gasteiger partial charge in [-0.2, -0.15) is 5.10 Å². The molecule has 0 radical (unpaired) electrons. The van der Waals surface area contributed by atoms with Crippen molar-refractivity contribution in [2.75, 3.05) is 53.0 Å². The Morgan fingerprint density at radius 2 is 1.78 bits per heavy atom. The molecule has 2 aliphatic heterocycles. The Morgan fingerprint density at radius 1 is 1.05 bits per heavy atom. The van der Waals surface area contributed by atoms with Gasteiger partial charge in [-0.1, -0.05) is 36.8 Å². The fraction of sp³-hybridized carbons (Fsp3) is 0.483. The highest BCUT2D eigenvalue weighted by molar-refractivity contribution is 6.03. The van der Waals surface area contributed by atoms with E-state index in [-0.39, 0.29) is 30.3 Å². The number of hydrogen-bond donors (Lipinski definition) is 0. The van der Waals surface area contributed by atoms with Crippen LogP contribution in [0, 0.1) is 5.92 Å². The summed E-state index contributed by atoms with van der Waals surface area (Å²) in [4.78, 5) is 31.2. The van der Waals surface area contributed by atoms with E-state index in [1.165, 1.54) is 0 Å². The predicted octanol–water partition coefficient (Wildman–Crippen LogP) is 3.33. The van der Waals surface area contributed by atoms with Gasteiger partial charge in [-0.05, 0) is 48.2 Å². The summed E-state index contributed by atoms with van der Waals surface area (Å²) in [5.74, 6) is 0.773. The molecule has 0 spiro atoms. The summed E-state index contributed by atoms with van der Waals surface area (Å²) in [5.41, 5.74) is 2.86. The maximum Gasteiger partial charge on any atom is 0.262 e. The van der Waals surface area contributed by atoms with Crippen molar-refractivity contribution >= 4 is 17.5 Å². The van der Waals surface area contributed by atoms with Gasteiger partial charge in [0.25, 0.3) is 5.91 Å². The number of rotatable bonds is 9. The standard InChI is InChI=1S/C29H36N4O4/c1-36-25-12-10-22(11-13-25)26-20-27(23-6-3-2-4-7-23)33(30-26)28(34)21-32(29(35)24-8-5-9-24)15-14-31-16-18-37-19-17-31/h2-4,6-7,10-13,24,27H,5,8-9,14-21H2,1H3/t27-/m0/s1. The summed E-state index contributed by atoms with van der Waals surface area (Å²) in [7, 11) is 1.64. The van der Waals surface area contributed by atoms with Gasteiger partial charge in [0.1, 0.15) is 12.3 Å². The molecule has 1 saturated carbocycles. The van der Waals surface area contributed by atoms with Gasteiger partial charge in [0.05, 0.1) is 32.1 Å². The zero-order valence-electron chi connectivity index (χ0n) is 21.6. The van der Waals surface area contributed by atoms with Crippen LogP contribution in [0.4, 0.5) is 0 Å². The van der Waals surface area contributed by atoms with E-state index in [2.05, 4.69) is 4.90 Å². The molecule has 1 aliphatic carbocycles. The fourth-order valence-corrected chi connectivity index (χ4v) is 5.14. The summed E-state index contributed by atoms with van der Waals surface area (Å²) < 4.78 is 10.8. The van der Waals surface area contributed by atoms with E-state index in [9.17, 15) is 9.59 Å². The van der Waals surface area contributed by atoms with E-state index in [4.69, 9.17) is 14.6 Å². The Kier molecular flexibility index (Phi) is 8.16. The normalized spacial score (nSPS) is 20.3. The van der Waals surface area contributed by atoms with E-state index in [0.29, 0.717) is 26.2 Å². The third kappa shape index (κ3) is 6.02. The number of nitrogens with zero attached hydrogens (tertiary/aromatic N) is 4. The van der Waals surface area contributed by atoms with Gasteiger partial charge < -0.3 is 14.4 Å². The molecule has 2 aromatic carbocycles. The Hall–Kier alpha value is -3.23. The van der Waals surface area contributed by atoms with Gasteiger partial charge in [-0.25, -0.2) is 5.01 Å². The molecule has 2 heterocycles. The number of amides is 2. The molecule has 1 saturated heterocycles. The van der Waals surface area contributed by atoms with E-state index >= 15 is 0 Å². The topological polar surface area (TPSA) is 74.7 Å². The maximum atomic E-state index is 13.8. The fourth-order valence-electron chi connectivity index (χ4n) is 5.14. The number of benzene rings is 2. The molecule has 196 valence electrons. The summed E-state index contributed by atoms with van der Waals surface area (Å²) in [5, 5.41) is 6.41. The molecule has 3 aliphatic rings. The molecule has 37 heavy (non-hydrogen) atoms. The molecule has 8 nitrogen and oxygen atoms in total. The van der Waals surface area contributed by atoms with Gasteiger partial charge >= 0.3 is 0 Å². The van der Waals surface area contributed by atoms with Crippen LogP contribution < -0.4 is 4.74 Å². The zero-order valence-corrected chi connectivity index (χ0v) is 21.6. The minimum absolute atomic E-state index is 0.0411. The first-order valence-corrected chi connectivity index (χ1v) is 13.3. The highest BCUT2D eigenvalue weighted by Crippen LogP contribution is 2.34. The van der Waals surface area contributed by atoms with Crippen molar-refractivity contribution < 1.29 is 19.1 Å². The second kappa shape index (κ2) is 11.9. The molecule has 1 atom stereocenters. The first-order valence-electron chi connectivity index (χ1n) is 13.3. The summed E-state index contributed by atoms with van der Waals surface area (Å²) >= 11 is 0. The van der Waals surface area contributed by atoms with Crippen LogP contribution in [0.5, 0.6) is 5.75 Å². The highest BCUT2D eigenvalue weighted by atomic mass is 16.5. The van der Waals surface area contributed by atoms with Crippen LogP contribution in [0.25, 0.3) is 0 Å². The van der Waals surface area contributed by atoms with Crippen molar-refractivity contribution in [3.8, 4) is 5.75 Å². The van der Waals surface area contributed by atoms with Gasteiger partial charge in [-0.15, -0.1) is 0 Å². The lowest BCUT2D eigenvalue weighted by Crippen LogP contribution is -2.49. The number of methoxy groups -OCH3 is 1. The molecular weight excluding hydrogens is 468 g/mol. The van der Waals surface area contributed by atoms with Crippen LogP contribution in [-0.2, 0) is 14.3 Å². The maximum absolute atomic E-state index is 13.8. The lowest BCUT2D eigenvalue weighted by atomic mass is 9.84. The van der Waals surface area contributed by atoms with Crippen LogP contribution in [0.15, 0.2) is 59.7 Å². The number of carbonyl (C=O) groups excluding carboxylic acids is 2. The average Bonchev–Trinajstić information content (AvgIpc) is 3.37. The molecule has 2 fully saturated rings. The van der Waals surface area contributed by atoms with Crippen molar-refractivity contribution in [1.29, 1.82) is 0 Å². The smallest absolute Gasteiger partial charge is 0.262 e. The SMILES string of the molecule is COc1ccc(C2=NN(C(=O)CN(CCN3CCOCC3)C(=O)C3CCC3)[C@H](c3ccccc3)C2)cc1. The summed E-state index contributed by atoms with van der Waals surface area (Å²) in [6, 6.07) is 17.6. The van der Waals surface area contributed by atoms with E-state index < -0.39 is 0 Å². The molecule has 2 amide bonds. The number of carbonyl (C=O) groups is 2. The van der Waals surface area contributed by atoms with E-state index in [1.54, 1.807) is 17.0 Å². The van der Waals surface area contributed by atoms with Crippen LogP contribution in [0.2, 0.25) is 0 Å². The molecule has 0 N–H and O–H groups in total. The van der Waals surface area contributed by atoms with Crippen LogP contribution in [0.3, 0.4) is 0 Å². The Labute approximate surface area is 218 Å². The molecular formula is C29H36N4O4. The largest absolute Gasteiger partial charge is 0.497 e. The summed E-state index contributed by atoms with van der Waals surface area (Å²) in [6.07, 6.45) is 3.53. The van der Waals surface area contributed by atoms with Crippen molar-refractivity contribution in [2.24, 2.45) is 11.0 Å². The minimum Gasteiger partial charge on any atom is -0.497 e. The highest BCUT2D eigenvalue weighted by Gasteiger charge is 2.36. The third-order valence-corrected chi connectivity index (χ3v) is 7.66. The quantitative estimate of drug-likeness (QED) is 0.524. The van der Waals surface area contributed by atoms with Gasteiger partial charge in [0.15, 0.2) is 0 Å². The third-order valence-electron chi connectivity index (χ3n) is 7.66. The first kappa shape index (κ1) is 25.4. The van der Waals surface area contributed by atoms with Crippen molar-refractivity contribution in [1.82, 2.24) is 14.8 Å². The lowest BCUT2D eigenvalue weighted by Gasteiger charge is -2.34. The molecule has 8 heteroatoms. The van der Waals surface area contributed by atoms with Crippen LogP contribution in [-0.4, -0.2) is 85.4 Å². The predicted molar refractivity (Wildman–Crippen MR) is 141 cm³/mol. The number of hydrogen-bond acceptors (Lipinski definition) is 6. The van der Waals surface area contributed by atoms with Crippen LogP contribution >= 0.6 is 0 Å². The number of hydrazone groups is 1. The van der Waals surface area contributed by atoms with Gasteiger partial charge in [0, 0.05) is 38.5 Å².